The van der Waals surface area contributed by atoms with E-state index in [0.29, 0.717) is 30.9 Å². The molecule has 0 bridgehead atoms. The van der Waals surface area contributed by atoms with Crippen LogP contribution in [0.1, 0.15) is 6.42 Å². The molecule has 4 amide bonds. The van der Waals surface area contributed by atoms with Crippen LogP contribution in [0, 0.1) is 5.82 Å². The Balaban J connectivity index is 1.33. The molecule has 2 aromatic carbocycles. The van der Waals surface area contributed by atoms with E-state index in [2.05, 4.69) is 16.0 Å². The first kappa shape index (κ1) is 20.4. The molecule has 1 aromatic heterocycles. The maximum Gasteiger partial charge on any atom is 0.321 e. The monoisotopic (exact) mass is 423 g/mol. The number of carbonyl (C=O) groups excluding carboxylic acids is 2. The van der Waals surface area contributed by atoms with Crippen molar-refractivity contribution >= 4 is 34.3 Å². The molecule has 1 aliphatic heterocycles. The minimum atomic E-state index is -0.408. The molecular formula is C22H22FN5O3. The number of amides is 4. The standard InChI is InChI=1S/C22H22FN5O3/c1-27-19-12-17(6-2-14(19)3-9-20(27)29)26-22(31)28-11-10-18(13-28)25-21(30)24-16-7-4-15(23)5-8-16/h2-9,12,18H,10-11,13H2,1H3,(H,26,31)(H2,24,25,30). The maximum atomic E-state index is 13.0. The summed E-state index contributed by atoms with van der Waals surface area (Å²) in [6.07, 6.45) is 0.622. The summed E-state index contributed by atoms with van der Waals surface area (Å²) in [7, 11) is 1.68. The van der Waals surface area contributed by atoms with E-state index in [9.17, 15) is 18.8 Å². The number of halogens is 1. The van der Waals surface area contributed by atoms with Gasteiger partial charge in [-0.3, -0.25) is 4.79 Å². The van der Waals surface area contributed by atoms with Gasteiger partial charge in [0, 0.05) is 43.6 Å². The fourth-order valence-electron chi connectivity index (χ4n) is 3.60. The van der Waals surface area contributed by atoms with E-state index in [-0.39, 0.29) is 23.4 Å². The van der Waals surface area contributed by atoms with Crippen LogP contribution in [-0.4, -0.2) is 40.7 Å². The van der Waals surface area contributed by atoms with Gasteiger partial charge in [0.15, 0.2) is 0 Å². The third-order valence-corrected chi connectivity index (χ3v) is 5.29. The van der Waals surface area contributed by atoms with Crippen LogP contribution in [0.15, 0.2) is 59.4 Å². The van der Waals surface area contributed by atoms with Gasteiger partial charge in [-0.1, -0.05) is 6.07 Å². The second-order valence-electron chi connectivity index (χ2n) is 7.47. The summed E-state index contributed by atoms with van der Waals surface area (Å²) in [5, 5.41) is 9.22. The normalized spacial score (nSPS) is 15.7. The number of nitrogens with one attached hydrogen (secondary N) is 3. The van der Waals surface area contributed by atoms with Crippen LogP contribution in [0.5, 0.6) is 0 Å². The number of hydrogen-bond donors (Lipinski definition) is 3. The number of carbonyl (C=O) groups is 2. The number of rotatable bonds is 3. The summed E-state index contributed by atoms with van der Waals surface area (Å²) in [5.74, 6) is -0.378. The van der Waals surface area contributed by atoms with Crippen molar-refractivity contribution in [2.75, 3.05) is 23.7 Å². The maximum absolute atomic E-state index is 13.0. The zero-order valence-electron chi connectivity index (χ0n) is 16.9. The Labute approximate surface area is 177 Å². The molecule has 9 heteroatoms. The zero-order valence-corrected chi connectivity index (χ0v) is 16.9. The van der Waals surface area contributed by atoms with Gasteiger partial charge in [-0.2, -0.15) is 0 Å². The minimum absolute atomic E-state index is 0.122. The average Bonchev–Trinajstić information content (AvgIpc) is 3.21. The lowest BCUT2D eigenvalue weighted by molar-refractivity contribution is 0.220. The van der Waals surface area contributed by atoms with Crippen LogP contribution >= 0.6 is 0 Å². The first-order valence-electron chi connectivity index (χ1n) is 9.88. The molecule has 8 nitrogen and oxygen atoms in total. The van der Waals surface area contributed by atoms with Crippen molar-refractivity contribution in [1.29, 1.82) is 0 Å². The molecule has 1 atom stereocenters. The molecule has 0 aliphatic carbocycles. The third kappa shape index (κ3) is 4.66. The molecule has 3 aromatic rings. The Morgan fingerprint density at radius 3 is 2.48 bits per heavy atom. The predicted molar refractivity (Wildman–Crippen MR) is 117 cm³/mol. The number of hydrogen-bond acceptors (Lipinski definition) is 3. The first-order valence-corrected chi connectivity index (χ1v) is 9.88. The number of benzene rings is 2. The Morgan fingerprint density at radius 2 is 1.71 bits per heavy atom. The van der Waals surface area contributed by atoms with E-state index in [4.69, 9.17) is 0 Å². The molecule has 1 aliphatic rings. The molecule has 160 valence electrons. The van der Waals surface area contributed by atoms with Crippen LogP contribution in [0.25, 0.3) is 10.9 Å². The van der Waals surface area contributed by atoms with Gasteiger partial charge in [0.05, 0.1) is 5.52 Å². The van der Waals surface area contributed by atoms with Gasteiger partial charge in [-0.15, -0.1) is 0 Å². The highest BCUT2D eigenvalue weighted by Crippen LogP contribution is 2.19. The highest BCUT2D eigenvalue weighted by molar-refractivity contribution is 5.93. The van der Waals surface area contributed by atoms with Crippen LogP contribution < -0.4 is 21.5 Å². The van der Waals surface area contributed by atoms with Gasteiger partial charge in [0.25, 0.3) is 5.56 Å². The highest BCUT2D eigenvalue weighted by Gasteiger charge is 2.27. The van der Waals surface area contributed by atoms with Crippen molar-refractivity contribution in [3.8, 4) is 0 Å². The number of nitrogens with zero attached hydrogens (tertiary/aromatic N) is 2. The Morgan fingerprint density at radius 1 is 1.00 bits per heavy atom. The van der Waals surface area contributed by atoms with Crippen LogP contribution in [-0.2, 0) is 7.05 Å². The van der Waals surface area contributed by atoms with E-state index in [1.165, 1.54) is 34.9 Å². The Hall–Kier alpha value is -3.88. The van der Waals surface area contributed by atoms with Crippen molar-refractivity contribution in [2.24, 2.45) is 7.05 Å². The lowest BCUT2D eigenvalue weighted by Crippen LogP contribution is -2.41. The molecule has 0 saturated carbocycles. The second kappa shape index (κ2) is 8.47. The molecule has 4 rings (SSSR count). The highest BCUT2D eigenvalue weighted by atomic mass is 19.1. The molecule has 3 N–H and O–H groups in total. The lowest BCUT2D eigenvalue weighted by Gasteiger charge is -2.18. The summed E-state index contributed by atoms with van der Waals surface area (Å²) in [4.78, 5) is 38.2. The molecule has 1 saturated heterocycles. The van der Waals surface area contributed by atoms with Crippen molar-refractivity contribution in [3.05, 3.63) is 70.8 Å². The molecule has 31 heavy (non-hydrogen) atoms. The number of urea groups is 2. The van der Waals surface area contributed by atoms with E-state index < -0.39 is 6.03 Å². The number of aromatic nitrogens is 1. The Bertz CT molecular complexity index is 1190. The van der Waals surface area contributed by atoms with Gasteiger partial charge in [0.1, 0.15) is 5.82 Å². The van der Waals surface area contributed by atoms with Gasteiger partial charge >= 0.3 is 12.1 Å². The van der Waals surface area contributed by atoms with E-state index in [1.54, 1.807) is 30.1 Å². The summed E-state index contributed by atoms with van der Waals surface area (Å²) < 4.78 is 14.5. The quantitative estimate of drug-likeness (QED) is 0.604. The van der Waals surface area contributed by atoms with Crippen LogP contribution in [0.2, 0.25) is 0 Å². The summed E-state index contributed by atoms with van der Waals surface area (Å²) >= 11 is 0. The summed E-state index contributed by atoms with van der Waals surface area (Å²) in [5.41, 5.74) is 1.67. The fraction of sp³-hybridized carbons (Fsp3) is 0.227. The number of likely N-dealkylation sites (tertiary alicyclic amines) is 1. The molecule has 0 radical (unpaired) electrons. The lowest BCUT2D eigenvalue weighted by atomic mass is 10.2. The SMILES string of the molecule is Cn1c(=O)ccc2ccc(NC(=O)N3CCC(NC(=O)Nc4ccc(F)cc4)C3)cc21. The first-order chi connectivity index (χ1) is 14.9. The summed E-state index contributed by atoms with van der Waals surface area (Å²) in [6, 6.07) is 13.2. The van der Waals surface area contributed by atoms with Crippen molar-refractivity contribution in [2.45, 2.75) is 12.5 Å². The van der Waals surface area contributed by atoms with Gasteiger partial charge in [0.2, 0.25) is 0 Å². The zero-order chi connectivity index (χ0) is 22.0. The topological polar surface area (TPSA) is 95.5 Å². The molecule has 2 heterocycles. The summed E-state index contributed by atoms with van der Waals surface area (Å²) in [6.45, 7) is 0.869. The van der Waals surface area contributed by atoms with Gasteiger partial charge < -0.3 is 25.4 Å². The van der Waals surface area contributed by atoms with E-state index in [1.807, 2.05) is 6.07 Å². The minimum Gasteiger partial charge on any atom is -0.333 e. The van der Waals surface area contributed by atoms with E-state index in [0.717, 1.165) is 10.9 Å². The fourth-order valence-corrected chi connectivity index (χ4v) is 3.60. The predicted octanol–water partition coefficient (Wildman–Crippen LogP) is 3.11. The molecular weight excluding hydrogens is 401 g/mol. The molecule has 1 unspecified atom stereocenters. The Kier molecular flexibility index (Phi) is 5.57. The van der Waals surface area contributed by atoms with Crippen molar-refractivity contribution in [1.82, 2.24) is 14.8 Å². The smallest absolute Gasteiger partial charge is 0.321 e. The molecule has 0 spiro atoms. The largest absolute Gasteiger partial charge is 0.333 e. The van der Waals surface area contributed by atoms with Crippen LogP contribution in [0.4, 0.5) is 25.4 Å². The third-order valence-electron chi connectivity index (χ3n) is 5.29. The van der Waals surface area contributed by atoms with Crippen LogP contribution in [0.3, 0.4) is 0 Å². The van der Waals surface area contributed by atoms with Crippen molar-refractivity contribution < 1.29 is 14.0 Å². The number of anilines is 2. The number of aryl methyl sites for hydroxylation is 1. The average molecular weight is 423 g/mol. The van der Waals surface area contributed by atoms with Gasteiger partial charge in [-0.05, 0) is 54.3 Å². The second-order valence-corrected chi connectivity index (χ2v) is 7.47. The number of pyridine rings is 1. The number of fused-ring (bicyclic) bond motifs is 1. The molecule has 1 fully saturated rings. The van der Waals surface area contributed by atoms with Crippen molar-refractivity contribution in [3.63, 3.8) is 0 Å². The van der Waals surface area contributed by atoms with E-state index >= 15 is 0 Å². The van der Waals surface area contributed by atoms with Gasteiger partial charge in [-0.25, -0.2) is 14.0 Å².